The first kappa shape index (κ1) is 16.3. The van der Waals surface area contributed by atoms with Gasteiger partial charge in [0.15, 0.2) is 11.2 Å². The highest BCUT2D eigenvalue weighted by atomic mass is 16.4. The molecule has 0 amide bonds. The van der Waals surface area contributed by atoms with Crippen LogP contribution in [-0.4, -0.2) is 42.1 Å². The van der Waals surface area contributed by atoms with Crippen molar-refractivity contribution in [2.45, 2.75) is 25.7 Å². The lowest BCUT2D eigenvalue weighted by atomic mass is 9.98. The number of aryl methyl sites for hydroxylation is 1. The van der Waals surface area contributed by atoms with Crippen molar-refractivity contribution >= 4 is 29.1 Å². The Morgan fingerprint density at radius 1 is 1.30 bits per heavy atom. The summed E-state index contributed by atoms with van der Waals surface area (Å²) in [7, 11) is 0. The number of nitrogens with two attached hydrogens (primary N) is 1. The Hall–Kier alpha value is -3.04. The second-order valence-corrected chi connectivity index (χ2v) is 5.01. The van der Waals surface area contributed by atoms with E-state index in [9.17, 15) is 14.4 Å². The number of hydrogen-bond acceptors (Lipinski definition) is 7. The summed E-state index contributed by atoms with van der Waals surface area (Å²) in [5, 5.41) is 17.6. The van der Waals surface area contributed by atoms with E-state index in [1.165, 1.54) is 6.20 Å². The van der Waals surface area contributed by atoms with Gasteiger partial charge in [-0.1, -0.05) is 0 Å². The third kappa shape index (κ3) is 4.22. The number of aromatic nitrogens is 4. The lowest BCUT2D eigenvalue weighted by Gasteiger charge is -2.09. The van der Waals surface area contributed by atoms with Gasteiger partial charge < -0.3 is 15.9 Å². The molecule has 0 aliphatic rings. The molecule has 2 aromatic rings. The fourth-order valence-electron chi connectivity index (χ4n) is 2.14. The van der Waals surface area contributed by atoms with Gasteiger partial charge in [0.05, 0.1) is 24.2 Å². The van der Waals surface area contributed by atoms with Crippen LogP contribution in [0.5, 0.6) is 0 Å². The number of hydrogen-bond donors (Lipinski definition) is 4. The maximum absolute atomic E-state index is 11.7. The molecule has 122 valence electrons. The van der Waals surface area contributed by atoms with Gasteiger partial charge in [-0.2, -0.15) is 4.98 Å². The Morgan fingerprint density at radius 2 is 2.04 bits per heavy atom. The number of aromatic amines is 1. The van der Waals surface area contributed by atoms with Crippen LogP contribution in [0.3, 0.4) is 0 Å². The number of H-pyrrole nitrogens is 1. The van der Waals surface area contributed by atoms with Gasteiger partial charge in [-0.05, 0) is 19.3 Å². The molecule has 0 radical (unpaired) electrons. The van der Waals surface area contributed by atoms with Crippen LogP contribution in [0.2, 0.25) is 0 Å². The smallest absolute Gasteiger partial charge is 0.307 e. The second kappa shape index (κ2) is 6.81. The number of nitrogen functional groups attached to an aromatic ring is 1. The van der Waals surface area contributed by atoms with Crippen molar-refractivity contribution in [3.8, 4) is 0 Å². The second-order valence-electron chi connectivity index (χ2n) is 5.01. The molecule has 0 saturated carbocycles. The highest BCUT2D eigenvalue weighted by molar-refractivity contribution is 5.77. The number of carboxylic acid groups (broad SMARTS) is 2. The van der Waals surface area contributed by atoms with Gasteiger partial charge >= 0.3 is 11.9 Å². The summed E-state index contributed by atoms with van der Waals surface area (Å²) in [4.78, 5) is 47.6. The van der Waals surface area contributed by atoms with Crippen LogP contribution < -0.4 is 11.3 Å². The third-order valence-electron chi connectivity index (χ3n) is 3.24. The van der Waals surface area contributed by atoms with Crippen LogP contribution in [0.25, 0.3) is 11.2 Å². The molecule has 1 atom stereocenters. The molecular formula is C13H15N5O5. The summed E-state index contributed by atoms with van der Waals surface area (Å²) in [5.74, 6) is -3.31. The first-order valence-corrected chi connectivity index (χ1v) is 6.83. The zero-order valence-electron chi connectivity index (χ0n) is 12.0. The monoisotopic (exact) mass is 321 g/mol. The summed E-state index contributed by atoms with van der Waals surface area (Å²) >= 11 is 0. The predicted octanol–water partition coefficient (Wildman–Crippen LogP) is -0.207. The number of anilines is 1. The fourth-order valence-corrected chi connectivity index (χ4v) is 2.14. The van der Waals surface area contributed by atoms with Crippen molar-refractivity contribution in [2.24, 2.45) is 5.92 Å². The van der Waals surface area contributed by atoms with Crippen molar-refractivity contribution in [1.82, 2.24) is 19.9 Å². The van der Waals surface area contributed by atoms with E-state index >= 15 is 0 Å². The Balaban J connectivity index is 2.06. The highest BCUT2D eigenvalue weighted by Crippen LogP contribution is 2.14. The van der Waals surface area contributed by atoms with Gasteiger partial charge in [0.25, 0.3) is 5.56 Å². The fraction of sp³-hybridized carbons (Fsp3) is 0.385. The molecule has 0 aliphatic heterocycles. The minimum absolute atomic E-state index is 0.0528. The summed E-state index contributed by atoms with van der Waals surface area (Å²) in [6.07, 6.45) is 1.97. The van der Waals surface area contributed by atoms with Crippen LogP contribution in [0, 0.1) is 5.92 Å². The minimum Gasteiger partial charge on any atom is -0.481 e. The predicted molar refractivity (Wildman–Crippen MR) is 78.7 cm³/mol. The maximum atomic E-state index is 11.7. The Bertz CT molecular complexity index is 803. The molecule has 2 aromatic heterocycles. The van der Waals surface area contributed by atoms with Crippen molar-refractivity contribution in [3.05, 3.63) is 22.2 Å². The van der Waals surface area contributed by atoms with Gasteiger partial charge in [0.2, 0.25) is 5.95 Å². The molecule has 0 aromatic carbocycles. The zero-order chi connectivity index (χ0) is 17.0. The highest BCUT2D eigenvalue weighted by Gasteiger charge is 2.20. The summed E-state index contributed by atoms with van der Waals surface area (Å²) in [5.41, 5.74) is 5.58. The van der Waals surface area contributed by atoms with Gasteiger partial charge in [0, 0.05) is 0 Å². The van der Waals surface area contributed by atoms with Crippen molar-refractivity contribution in [3.63, 3.8) is 0 Å². The maximum Gasteiger partial charge on any atom is 0.307 e. The lowest BCUT2D eigenvalue weighted by Crippen LogP contribution is -2.18. The average Bonchev–Trinajstić information content (AvgIpc) is 2.46. The summed E-state index contributed by atoms with van der Waals surface area (Å²) in [6, 6.07) is 0. The Kier molecular flexibility index (Phi) is 4.84. The van der Waals surface area contributed by atoms with Crippen LogP contribution in [-0.2, 0) is 16.0 Å². The zero-order valence-corrected chi connectivity index (χ0v) is 12.0. The molecule has 0 aliphatic carbocycles. The van der Waals surface area contributed by atoms with Crippen LogP contribution >= 0.6 is 0 Å². The molecule has 0 spiro atoms. The molecule has 5 N–H and O–H groups in total. The first-order valence-electron chi connectivity index (χ1n) is 6.83. The van der Waals surface area contributed by atoms with Gasteiger partial charge in [0.1, 0.15) is 0 Å². The third-order valence-corrected chi connectivity index (χ3v) is 3.24. The van der Waals surface area contributed by atoms with E-state index in [2.05, 4.69) is 19.9 Å². The van der Waals surface area contributed by atoms with Crippen LogP contribution in [0.15, 0.2) is 11.0 Å². The Labute approximate surface area is 129 Å². The van der Waals surface area contributed by atoms with E-state index in [1.54, 1.807) is 0 Å². The van der Waals surface area contributed by atoms with E-state index in [4.69, 9.17) is 15.9 Å². The molecule has 10 nitrogen and oxygen atoms in total. The molecule has 1 unspecified atom stereocenters. The quantitative estimate of drug-likeness (QED) is 0.538. The van der Waals surface area contributed by atoms with E-state index < -0.39 is 29.8 Å². The topological polar surface area (TPSA) is 172 Å². The number of fused-ring (bicyclic) bond motifs is 1. The normalized spacial score (nSPS) is 12.2. The van der Waals surface area contributed by atoms with Crippen molar-refractivity contribution in [1.29, 1.82) is 0 Å². The number of rotatable bonds is 7. The molecule has 0 bridgehead atoms. The number of nitrogens with zero attached hydrogens (tertiary/aromatic N) is 3. The van der Waals surface area contributed by atoms with Crippen LogP contribution in [0.4, 0.5) is 5.95 Å². The van der Waals surface area contributed by atoms with Crippen molar-refractivity contribution < 1.29 is 19.8 Å². The molecule has 0 saturated heterocycles. The first-order chi connectivity index (χ1) is 10.9. The van der Waals surface area contributed by atoms with E-state index in [0.717, 1.165) is 0 Å². The minimum atomic E-state index is -1.15. The Morgan fingerprint density at radius 3 is 2.70 bits per heavy atom. The molecular weight excluding hydrogens is 306 g/mol. The molecule has 0 fully saturated rings. The standard InChI is InChI=1S/C13H15N5O5/c14-13-17-10-9(11(21)18-13)16-7(5-15-10)3-1-2-6(12(22)23)4-8(19)20/h5-6H,1-4H2,(H,19,20)(H,22,23)(H3,14,15,17,18,21). The lowest BCUT2D eigenvalue weighted by molar-refractivity contribution is -0.148. The molecule has 2 heterocycles. The summed E-state index contributed by atoms with van der Waals surface area (Å²) in [6.45, 7) is 0. The average molecular weight is 321 g/mol. The molecule has 10 heteroatoms. The van der Waals surface area contributed by atoms with Gasteiger partial charge in [-0.15, -0.1) is 0 Å². The summed E-state index contributed by atoms with van der Waals surface area (Å²) < 4.78 is 0. The van der Waals surface area contributed by atoms with E-state index in [-0.39, 0.29) is 23.5 Å². The van der Waals surface area contributed by atoms with Crippen molar-refractivity contribution in [2.75, 3.05) is 5.73 Å². The van der Waals surface area contributed by atoms with Gasteiger partial charge in [-0.3, -0.25) is 19.4 Å². The SMILES string of the molecule is Nc1nc2ncc(CCCC(CC(=O)O)C(=O)O)nc2c(=O)[nH]1. The van der Waals surface area contributed by atoms with E-state index in [0.29, 0.717) is 18.5 Å². The number of aliphatic carboxylic acids is 2. The number of nitrogens with one attached hydrogen (secondary N) is 1. The number of carboxylic acids is 2. The number of carbonyl (C=O) groups is 2. The van der Waals surface area contributed by atoms with Crippen LogP contribution in [0.1, 0.15) is 25.0 Å². The molecule has 2 rings (SSSR count). The molecule has 23 heavy (non-hydrogen) atoms. The van der Waals surface area contributed by atoms with Gasteiger partial charge in [-0.25, -0.2) is 9.97 Å². The van der Waals surface area contributed by atoms with E-state index in [1.807, 2.05) is 0 Å². The largest absolute Gasteiger partial charge is 0.481 e.